The summed E-state index contributed by atoms with van der Waals surface area (Å²) in [4.78, 5) is 2.36. The fraction of sp³-hybridized carbons (Fsp3) is 0.125. The van der Waals surface area contributed by atoms with E-state index in [9.17, 15) is 0 Å². The predicted octanol–water partition coefficient (Wildman–Crippen LogP) is 13.4. The van der Waals surface area contributed by atoms with Gasteiger partial charge in [-0.25, -0.2) is 0 Å². The predicted molar refractivity (Wildman–Crippen MR) is 209 cm³/mol. The molecule has 7 aromatic rings. The van der Waals surface area contributed by atoms with Crippen LogP contribution in [-0.4, -0.2) is 0 Å². The number of anilines is 3. The van der Waals surface area contributed by atoms with Crippen LogP contribution in [0.15, 0.2) is 176 Å². The third kappa shape index (κ3) is 5.36. The first-order chi connectivity index (χ1) is 23.8. The molecule has 0 saturated heterocycles. The van der Waals surface area contributed by atoms with Gasteiger partial charge in [-0.1, -0.05) is 149 Å². The molecule has 1 aliphatic carbocycles. The van der Waals surface area contributed by atoms with Crippen LogP contribution >= 0.6 is 0 Å². The van der Waals surface area contributed by atoms with Crippen molar-refractivity contribution in [2.75, 3.05) is 4.90 Å². The van der Waals surface area contributed by atoms with E-state index in [2.05, 4.69) is 209 Å². The fourth-order valence-electron chi connectivity index (χ4n) is 7.59. The first-order valence-electron chi connectivity index (χ1n) is 17.3. The minimum absolute atomic E-state index is 0.0433. The lowest BCUT2D eigenvalue weighted by Gasteiger charge is -2.48. The van der Waals surface area contributed by atoms with Gasteiger partial charge in [-0.3, -0.25) is 0 Å². The molecular formula is C48H41N. The summed E-state index contributed by atoms with van der Waals surface area (Å²) in [5.74, 6) is 0. The highest BCUT2D eigenvalue weighted by atomic mass is 15.1. The van der Waals surface area contributed by atoms with Gasteiger partial charge in [0.2, 0.25) is 0 Å². The van der Waals surface area contributed by atoms with Crippen molar-refractivity contribution in [3.8, 4) is 44.5 Å². The van der Waals surface area contributed by atoms with Gasteiger partial charge in [-0.2, -0.15) is 0 Å². The molecule has 0 heterocycles. The molecule has 0 N–H and O–H groups in total. The lowest BCUT2D eigenvalue weighted by Crippen LogP contribution is -2.43. The van der Waals surface area contributed by atoms with Crippen LogP contribution in [0, 0.1) is 0 Å². The summed E-state index contributed by atoms with van der Waals surface area (Å²) in [5.41, 5.74) is 16.0. The van der Waals surface area contributed by atoms with E-state index in [0.717, 1.165) is 17.1 Å². The Hall–Kier alpha value is -5.66. The van der Waals surface area contributed by atoms with Crippen LogP contribution in [0.3, 0.4) is 0 Å². The molecule has 0 fully saturated rings. The summed E-state index contributed by atoms with van der Waals surface area (Å²) in [5, 5.41) is 0. The Morgan fingerprint density at radius 3 is 1.12 bits per heavy atom. The molecule has 8 rings (SSSR count). The van der Waals surface area contributed by atoms with Crippen molar-refractivity contribution in [1.29, 1.82) is 0 Å². The smallest absolute Gasteiger partial charge is 0.0473 e. The average Bonchev–Trinajstić information content (AvgIpc) is 3.15. The number of hydrogen-bond acceptors (Lipinski definition) is 1. The number of nitrogens with zero attached hydrogens (tertiary/aromatic N) is 1. The number of para-hydroxylation sites is 2. The van der Waals surface area contributed by atoms with Gasteiger partial charge < -0.3 is 4.90 Å². The molecule has 1 nitrogen and oxygen atoms in total. The van der Waals surface area contributed by atoms with E-state index in [-0.39, 0.29) is 10.8 Å². The molecule has 7 aromatic carbocycles. The van der Waals surface area contributed by atoms with Crippen molar-refractivity contribution in [3.05, 3.63) is 187 Å². The highest BCUT2D eigenvalue weighted by Crippen LogP contribution is 2.55. The minimum Gasteiger partial charge on any atom is -0.310 e. The Morgan fingerprint density at radius 2 is 0.673 bits per heavy atom. The maximum Gasteiger partial charge on any atom is 0.0473 e. The van der Waals surface area contributed by atoms with Crippen LogP contribution in [0.25, 0.3) is 44.5 Å². The zero-order valence-corrected chi connectivity index (χ0v) is 28.7. The van der Waals surface area contributed by atoms with Gasteiger partial charge in [0, 0.05) is 17.1 Å². The Bertz CT molecular complexity index is 2210. The molecule has 0 aliphatic heterocycles. The molecule has 0 unspecified atom stereocenters. The molecule has 0 bridgehead atoms. The maximum atomic E-state index is 2.45. The van der Waals surface area contributed by atoms with Gasteiger partial charge >= 0.3 is 0 Å². The van der Waals surface area contributed by atoms with Crippen LogP contribution < -0.4 is 4.90 Å². The standard InChI is InChI=1S/C48H41N/c1-47(2)45-27-25-36(34-17-9-5-10-18-34)32-43(45)44-33-37(26-28-46(44)48(47,3)4)39-29-38(35-19-11-6-12-20-35)30-42(31-39)49(40-21-13-7-14-22-40)41-23-15-8-16-24-41/h5-33H,1-4H3. The van der Waals surface area contributed by atoms with Gasteiger partial charge in [0.15, 0.2) is 0 Å². The van der Waals surface area contributed by atoms with Gasteiger partial charge in [0.1, 0.15) is 0 Å². The summed E-state index contributed by atoms with van der Waals surface area (Å²) in [6, 6.07) is 64.2. The molecule has 0 spiro atoms. The van der Waals surface area contributed by atoms with Crippen LogP contribution in [0.4, 0.5) is 17.1 Å². The van der Waals surface area contributed by atoms with Crippen LogP contribution in [0.5, 0.6) is 0 Å². The van der Waals surface area contributed by atoms with Crippen molar-refractivity contribution >= 4 is 17.1 Å². The molecular weight excluding hydrogens is 591 g/mol. The first-order valence-corrected chi connectivity index (χ1v) is 17.3. The van der Waals surface area contributed by atoms with Crippen molar-refractivity contribution in [2.24, 2.45) is 0 Å². The topological polar surface area (TPSA) is 3.24 Å². The molecule has 1 heteroatoms. The third-order valence-corrected chi connectivity index (χ3v) is 11.0. The van der Waals surface area contributed by atoms with Gasteiger partial charge in [0.25, 0.3) is 0 Å². The first kappa shape index (κ1) is 30.7. The zero-order chi connectivity index (χ0) is 33.6. The maximum absolute atomic E-state index is 2.45. The van der Waals surface area contributed by atoms with E-state index in [1.807, 2.05) is 0 Å². The van der Waals surface area contributed by atoms with Gasteiger partial charge in [-0.15, -0.1) is 0 Å². The number of rotatable bonds is 6. The number of hydrogen-bond donors (Lipinski definition) is 0. The summed E-state index contributed by atoms with van der Waals surface area (Å²) in [6.07, 6.45) is 0. The molecule has 1 aliphatic rings. The van der Waals surface area contributed by atoms with Crippen LogP contribution in [-0.2, 0) is 10.8 Å². The number of fused-ring (bicyclic) bond motifs is 3. The molecule has 238 valence electrons. The highest BCUT2D eigenvalue weighted by Gasteiger charge is 2.45. The second kappa shape index (κ2) is 12.1. The third-order valence-electron chi connectivity index (χ3n) is 11.0. The van der Waals surface area contributed by atoms with E-state index >= 15 is 0 Å². The SMILES string of the molecule is CC1(C)c2ccc(-c3ccccc3)cc2-c2cc(-c3cc(-c4ccccc4)cc(N(c4ccccc4)c4ccccc4)c3)ccc2C1(C)C. The highest BCUT2D eigenvalue weighted by molar-refractivity contribution is 5.88. The molecule has 0 aromatic heterocycles. The summed E-state index contributed by atoms with van der Waals surface area (Å²) >= 11 is 0. The van der Waals surface area contributed by atoms with E-state index in [1.165, 1.54) is 55.6 Å². The Kier molecular flexibility index (Phi) is 7.57. The second-order valence-corrected chi connectivity index (χ2v) is 14.3. The minimum atomic E-state index is -0.0589. The lowest BCUT2D eigenvalue weighted by molar-refractivity contribution is 0.299. The normalized spacial score (nSPS) is 14.0. The second-order valence-electron chi connectivity index (χ2n) is 14.3. The zero-order valence-electron chi connectivity index (χ0n) is 28.7. The van der Waals surface area contributed by atoms with Crippen molar-refractivity contribution in [2.45, 2.75) is 38.5 Å². The fourth-order valence-corrected chi connectivity index (χ4v) is 7.59. The number of benzene rings is 7. The molecule has 0 saturated carbocycles. The molecule has 0 atom stereocenters. The Morgan fingerprint density at radius 1 is 0.306 bits per heavy atom. The summed E-state index contributed by atoms with van der Waals surface area (Å²) < 4.78 is 0. The van der Waals surface area contributed by atoms with Gasteiger partial charge in [0.05, 0.1) is 0 Å². The van der Waals surface area contributed by atoms with E-state index < -0.39 is 0 Å². The Balaban J connectivity index is 1.35. The van der Waals surface area contributed by atoms with Crippen molar-refractivity contribution in [3.63, 3.8) is 0 Å². The van der Waals surface area contributed by atoms with Crippen molar-refractivity contribution < 1.29 is 0 Å². The van der Waals surface area contributed by atoms with Crippen LogP contribution in [0.1, 0.15) is 38.8 Å². The van der Waals surface area contributed by atoms with E-state index in [1.54, 1.807) is 0 Å². The summed E-state index contributed by atoms with van der Waals surface area (Å²) in [7, 11) is 0. The van der Waals surface area contributed by atoms with E-state index in [4.69, 9.17) is 0 Å². The molecule has 49 heavy (non-hydrogen) atoms. The Labute approximate surface area is 291 Å². The molecule has 0 amide bonds. The lowest BCUT2D eigenvalue weighted by atomic mass is 9.55. The largest absolute Gasteiger partial charge is 0.310 e. The van der Waals surface area contributed by atoms with Crippen LogP contribution in [0.2, 0.25) is 0 Å². The molecule has 0 radical (unpaired) electrons. The quantitative estimate of drug-likeness (QED) is 0.176. The van der Waals surface area contributed by atoms with Crippen molar-refractivity contribution in [1.82, 2.24) is 0 Å². The van der Waals surface area contributed by atoms with Gasteiger partial charge in [-0.05, 0) is 121 Å². The summed E-state index contributed by atoms with van der Waals surface area (Å²) in [6.45, 7) is 9.63. The van der Waals surface area contributed by atoms with E-state index in [0.29, 0.717) is 0 Å². The average molecular weight is 632 g/mol. The monoisotopic (exact) mass is 631 g/mol.